The molecule has 21 heavy (non-hydrogen) atoms. The zero-order chi connectivity index (χ0) is 14.7. The van der Waals surface area contributed by atoms with Gasteiger partial charge in [-0.25, -0.2) is 4.98 Å². The maximum atomic E-state index is 5.91. The molecule has 3 rings (SSSR count). The molecule has 7 nitrogen and oxygen atoms in total. The number of nitrogen functional groups attached to an aromatic ring is 1. The van der Waals surface area contributed by atoms with Crippen molar-refractivity contribution in [1.82, 2.24) is 15.0 Å². The highest BCUT2D eigenvalue weighted by atomic mass is 16.5. The zero-order valence-corrected chi connectivity index (χ0v) is 11.8. The van der Waals surface area contributed by atoms with E-state index < -0.39 is 0 Å². The van der Waals surface area contributed by atoms with Crippen molar-refractivity contribution in [2.75, 3.05) is 5.73 Å². The molecule has 0 aromatic carbocycles. The number of anilines is 1. The maximum Gasteiger partial charge on any atom is 0.397 e. The molecule has 3 aromatic rings. The lowest BCUT2D eigenvalue weighted by Crippen LogP contribution is -2.21. The molecule has 3 aromatic heterocycles. The summed E-state index contributed by atoms with van der Waals surface area (Å²) < 4.78 is 11.0. The molecule has 0 saturated carbocycles. The van der Waals surface area contributed by atoms with Crippen molar-refractivity contribution in [3.8, 4) is 6.01 Å². The van der Waals surface area contributed by atoms with Gasteiger partial charge in [0.25, 0.3) is 0 Å². The van der Waals surface area contributed by atoms with Crippen molar-refractivity contribution < 1.29 is 14.1 Å². The summed E-state index contributed by atoms with van der Waals surface area (Å²) in [5.74, 6) is 0.370. The van der Waals surface area contributed by atoms with Gasteiger partial charge in [-0.15, -0.1) is 0 Å². The van der Waals surface area contributed by atoms with E-state index in [-0.39, 0.29) is 12.1 Å². The van der Waals surface area contributed by atoms with Gasteiger partial charge in [-0.2, -0.15) is 4.98 Å². The third-order valence-electron chi connectivity index (χ3n) is 3.27. The SMILES string of the molecule is CCCC(Cc1ccoc1)Oc1nc(N)c2[nH]c[nH+]c2n1. The highest BCUT2D eigenvalue weighted by molar-refractivity contribution is 5.78. The summed E-state index contributed by atoms with van der Waals surface area (Å²) in [6.45, 7) is 2.12. The van der Waals surface area contributed by atoms with Gasteiger partial charge >= 0.3 is 11.7 Å². The fourth-order valence-electron chi connectivity index (χ4n) is 2.28. The molecule has 4 N–H and O–H groups in total. The molecule has 7 heteroatoms. The van der Waals surface area contributed by atoms with Crippen molar-refractivity contribution in [3.05, 3.63) is 30.5 Å². The molecule has 0 aliphatic rings. The molecule has 0 saturated heterocycles. The minimum atomic E-state index is -0.0107. The molecule has 0 aliphatic carbocycles. The summed E-state index contributed by atoms with van der Waals surface area (Å²) in [5, 5.41) is 0. The predicted molar refractivity (Wildman–Crippen MR) is 76.6 cm³/mol. The number of nitrogens with zero attached hydrogens (tertiary/aromatic N) is 2. The lowest BCUT2D eigenvalue weighted by molar-refractivity contribution is -0.347. The van der Waals surface area contributed by atoms with Crippen LogP contribution in [0.25, 0.3) is 11.2 Å². The topological polar surface area (TPSA) is 104 Å². The van der Waals surface area contributed by atoms with Crippen LogP contribution in [0.3, 0.4) is 0 Å². The number of furan rings is 1. The van der Waals surface area contributed by atoms with E-state index in [1.165, 1.54) is 0 Å². The molecule has 1 atom stereocenters. The summed E-state index contributed by atoms with van der Waals surface area (Å²) in [5.41, 5.74) is 8.30. The number of imidazole rings is 1. The highest BCUT2D eigenvalue weighted by Gasteiger charge is 2.19. The van der Waals surface area contributed by atoms with Gasteiger partial charge < -0.3 is 14.9 Å². The summed E-state index contributed by atoms with van der Waals surface area (Å²) in [6, 6.07) is 2.22. The van der Waals surface area contributed by atoms with Gasteiger partial charge in [0, 0.05) is 6.42 Å². The van der Waals surface area contributed by atoms with E-state index in [2.05, 4.69) is 26.9 Å². The zero-order valence-electron chi connectivity index (χ0n) is 11.8. The minimum absolute atomic E-state index is 0.0107. The van der Waals surface area contributed by atoms with Gasteiger partial charge in [0.15, 0.2) is 12.1 Å². The van der Waals surface area contributed by atoms with E-state index in [9.17, 15) is 0 Å². The van der Waals surface area contributed by atoms with Gasteiger partial charge in [0.1, 0.15) is 6.10 Å². The van der Waals surface area contributed by atoms with Crippen LogP contribution in [-0.2, 0) is 6.42 Å². The summed E-state index contributed by atoms with van der Waals surface area (Å²) in [4.78, 5) is 14.4. The van der Waals surface area contributed by atoms with Gasteiger partial charge in [0.05, 0.1) is 12.5 Å². The fraction of sp³-hybridized carbons (Fsp3) is 0.357. The Balaban J connectivity index is 1.79. The first-order valence-electron chi connectivity index (χ1n) is 6.96. The number of rotatable bonds is 6. The lowest BCUT2D eigenvalue weighted by atomic mass is 10.1. The fourth-order valence-corrected chi connectivity index (χ4v) is 2.28. The van der Waals surface area contributed by atoms with Crippen molar-refractivity contribution in [3.63, 3.8) is 0 Å². The van der Waals surface area contributed by atoms with E-state index in [4.69, 9.17) is 14.9 Å². The Morgan fingerprint density at radius 2 is 2.38 bits per heavy atom. The Morgan fingerprint density at radius 1 is 1.48 bits per heavy atom. The largest absolute Gasteiger partial charge is 0.472 e. The Hall–Kier alpha value is -2.57. The van der Waals surface area contributed by atoms with Crippen molar-refractivity contribution >= 4 is 17.0 Å². The van der Waals surface area contributed by atoms with E-state index in [0.717, 1.165) is 24.8 Å². The number of H-pyrrole nitrogens is 2. The lowest BCUT2D eigenvalue weighted by Gasteiger charge is -2.15. The van der Waals surface area contributed by atoms with Gasteiger partial charge in [-0.3, -0.25) is 4.98 Å². The molecular weight excluding hydrogens is 270 g/mol. The monoisotopic (exact) mass is 288 g/mol. The van der Waals surface area contributed by atoms with Crippen LogP contribution in [-0.4, -0.2) is 21.1 Å². The van der Waals surface area contributed by atoms with Crippen LogP contribution in [0.5, 0.6) is 6.01 Å². The Morgan fingerprint density at radius 3 is 3.14 bits per heavy atom. The van der Waals surface area contributed by atoms with E-state index in [1.54, 1.807) is 18.9 Å². The van der Waals surface area contributed by atoms with Crippen molar-refractivity contribution in [2.45, 2.75) is 32.3 Å². The van der Waals surface area contributed by atoms with Crippen LogP contribution in [0, 0.1) is 0 Å². The number of hydrogen-bond donors (Lipinski definition) is 2. The van der Waals surface area contributed by atoms with Crippen LogP contribution in [0.4, 0.5) is 5.82 Å². The first kappa shape index (κ1) is 13.4. The van der Waals surface area contributed by atoms with Crippen molar-refractivity contribution in [2.24, 2.45) is 0 Å². The smallest absolute Gasteiger partial charge is 0.397 e. The van der Waals surface area contributed by atoms with Crippen LogP contribution < -0.4 is 15.5 Å². The molecule has 0 radical (unpaired) electrons. The number of ether oxygens (including phenoxy) is 1. The first-order valence-corrected chi connectivity index (χ1v) is 6.96. The molecule has 0 spiro atoms. The Kier molecular flexibility index (Phi) is 3.72. The molecule has 0 amide bonds. The number of nitrogens with one attached hydrogen (secondary N) is 2. The average molecular weight is 288 g/mol. The number of fused-ring (bicyclic) bond motifs is 1. The molecule has 0 bridgehead atoms. The molecular formula is C14H18N5O2+. The number of hydrogen-bond acceptors (Lipinski definition) is 5. The summed E-state index contributed by atoms with van der Waals surface area (Å²) in [7, 11) is 0. The van der Waals surface area contributed by atoms with Crippen LogP contribution in [0.1, 0.15) is 25.3 Å². The molecule has 0 fully saturated rings. The molecule has 0 aliphatic heterocycles. The first-order chi connectivity index (χ1) is 10.3. The number of nitrogens with two attached hydrogens (primary N) is 1. The highest BCUT2D eigenvalue weighted by Crippen LogP contribution is 2.18. The van der Waals surface area contributed by atoms with Crippen LogP contribution in [0.2, 0.25) is 0 Å². The summed E-state index contributed by atoms with van der Waals surface area (Å²) >= 11 is 0. The third-order valence-corrected chi connectivity index (χ3v) is 3.27. The average Bonchev–Trinajstić information content (AvgIpc) is 3.10. The van der Waals surface area contributed by atoms with Crippen LogP contribution >= 0.6 is 0 Å². The van der Waals surface area contributed by atoms with E-state index in [1.807, 2.05) is 6.07 Å². The number of aromatic nitrogens is 4. The quantitative estimate of drug-likeness (QED) is 0.719. The van der Waals surface area contributed by atoms with Gasteiger partial charge in [-0.1, -0.05) is 13.3 Å². The second-order valence-corrected chi connectivity index (χ2v) is 4.91. The maximum absolute atomic E-state index is 5.91. The third kappa shape index (κ3) is 2.96. The molecule has 3 heterocycles. The Labute approximate surface area is 121 Å². The summed E-state index contributed by atoms with van der Waals surface area (Å²) in [6.07, 6.45) is 7.71. The Bertz CT molecular complexity index is 707. The normalized spacial score (nSPS) is 12.6. The van der Waals surface area contributed by atoms with Crippen LogP contribution in [0.15, 0.2) is 29.3 Å². The standard InChI is InChI=1S/C14H17N5O2/c1-2-3-10(6-9-4-5-20-7-9)21-14-18-12(15)11-13(19-14)17-8-16-11/h4-5,7-8,10H,2-3,6H2,1H3,(H3,15,16,17,18,19)/p+1. The van der Waals surface area contributed by atoms with Gasteiger partial charge in [0.2, 0.25) is 5.52 Å². The van der Waals surface area contributed by atoms with E-state index in [0.29, 0.717) is 17.0 Å². The number of aromatic amines is 2. The second-order valence-electron chi connectivity index (χ2n) is 4.91. The molecule has 1 unspecified atom stereocenters. The molecule has 110 valence electrons. The van der Waals surface area contributed by atoms with E-state index >= 15 is 0 Å². The van der Waals surface area contributed by atoms with Gasteiger partial charge in [-0.05, 0) is 23.0 Å². The second kappa shape index (κ2) is 5.82. The van der Waals surface area contributed by atoms with Crippen molar-refractivity contribution in [1.29, 1.82) is 0 Å². The minimum Gasteiger partial charge on any atom is -0.472 e. The predicted octanol–water partition coefficient (Wildman–Crippen LogP) is 1.74.